The minimum absolute atomic E-state index is 0. The lowest BCUT2D eigenvalue weighted by Gasteiger charge is -2.37. The molecule has 2 aliphatic heterocycles. The second-order valence-corrected chi connectivity index (χ2v) is 7.55. The van der Waals surface area contributed by atoms with E-state index in [9.17, 15) is 4.79 Å². The maximum absolute atomic E-state index is 12.8. The molecule has 3 heterocycles. The van der Waals surface area contributed by atoms with Crippen LogP contribution in [0.15, 0.2) is 0 Å². The quantitative estimate of drug-likeness (QED) is 0.855. The summed E-state index contributed by atoms with van der Waals surface area (Å²) >= 11 is 0. The van der Waals surface area contributed by atoms with Crippen LogP contribution >= 0.6 is 12.4 Å². The molecule has 1 saturated carbocycles. The molecule has 140 valence electrons. The van der Waals surface area contributed by atoms with Crippen LogP contribution in [0.2, 0.25) is 0 Å². The van der Waals surface area contributed by atoms with Gasteiger partial charge in [-0.05, 0) is 18.8 Å². The number of aromatic amines is 1. The van der Waals surface area contributed by atoms with E-state index in [1.54, 1.807) is 0 Å². The highest BCUT2D eigenvalue weighted by atomic mass is 35.5. The molecular weight excluding hydrogens is 338 g/mol. The molecule has 0 atom stereocenters. The lowest BCUT2D eigenvalue weighted by atomic mass is 9.89. The average Bonchev–Trinajstić information content (AvgIpc) is 3.07. The molecule has 3 aliphatic rings. The van der Waals surface area contributed by atoms with Crippen LogP contribution in [0.25, 0.3) is 0 Å². The van der Waals surface area contributed by atoms with Gasteiger partial charge >= 0.3 is 0 Å². The maximum atomic E-state index is 12.8. The highest BCUT2D eigenvalue weighted by Gasteiger charge is 2.28. The Morgan fingerprint density at radius 2 is 1.88 bits per heavy atom. The Balaban J connectivity index is 0.00000182. The molecule has 0 spiro atoms. The van der Waals surface area contributed by atoms with Crippen molar-refractivity contribution in [3.63, 3.8) is 0 Å². The molecule has 1 amide bonds. The third kappa shape index (κ3) is 4.18. The fourth-order valence-electron chi connectivity index (χ4n) is 4.42. The predicted molar refractivity (Wildman–Crippen MR) is 100 cm³/mol. The Morgan fingerprint density at radius 1 is 1.12 bits per heavy atom. The van der Waals surface area contributed by atoms with Gasteiger partial charge in [0.2, 0.25) is 0 Å². The summed E-state index contributed by atoms with van der Waals surface area (Å²) in [5, 5.41) is 10.7. The van der Waals surface area contributed by atoms with Gasteiger partial charge < -0.3 is 10.2 Å². The van der Waals surface area contributed by atoms with Crippen LogP contribution in [0.3, 0.4) is 0 Å². The molecule has 6 nitrogen and oxygen atoms in total. The van der Waals surface area contributed by atoms with E-state index in [1.165, 1.54) is 38.6 Å². The SMILES string of the molecule is Cl.O=C(c1n[nH]c2c1CNCC2)N1CCN(CC2CCCCC2)CC1. The van der Waals surface area contributed by atoms with Crippen LogP contribution in [-0.2, 0) is 13.0 Å². The van der Waals surface area contributed by atoms with Gasteiger partial charge in [-0.3, -0.25) is 14.8 Å². The van der Waals surface area contributed by atoms with E-state index in [0.29, 0.717) is 5.69 Å². The van der Waals surface area contributed by atoms with Gasteiger partial charge in [-0.2, -0.15) is 5.10 Å². The number of nitrogens with zero attached hydrogens (tertiary/aromatic N) is 3. The van der Waals surface area contributed by atoms with Crippen LogP contribution in [0.5, 0.6) is 0 Å². The number of H-pyrrole nitrogens is 1. The van der Waals surface area contributed by atoms with Gasteiger partial charge in [0.15, 0.2) is 5.69 Å². The van der Waals surface area contributed by atoms with Crippen molar-refractivity contribution in [2.24, 2.45) is 5.92 Å². The van der Waals surface area contributed by atoms with Crippen molar-refractivity contribution in [1.82, 2.24) is 25.3 Å². The molecule has 2 fully saturated rings. The van der Waals surface area contributed by atoms with Gasteiger partial charge in [-0.1, -0.05) is 19.3 Å². The van der Waals surface area contributed by atoms with Gasteiger partial charge in [0, 0.05) is 63.5 Å². The molecule has 0 unspecified atom stereocenters. The van der Waals surface area contributed by atoms with E-state index >= 15 is 0 Å². The van der Waals surface area contributed by atoms with Crippen molar-refractivity contribution in [3.8, 4) is 0 Å². The van der Waals surface area contributed by atoms with Crippen LogP contribution in [0.1, 0.15) is 53.8 Å². The van der Waals surface area contributed by atoms with Crippen LogP contribution in [-0.4, -0.2) is 65.2 Å². The van der Waals surface area contributed by atoms with Gasteiger partial charge in [-0.25, -0.2) is 0 Å². The molecule has 7 heteroatoms. The monoisotopic (exact) mass is 367 g/mol. The van der Waals surface area contributed by atoms with E-state index in [2.05, 4.69) is 20.4 Å². The van der Waals surface area contributed by atoms with Crippen molar-refractivity contribution in [2.75, 3.05) is 39.3 Å². The Bertz CT molecular complexity index is 576. The van der Waals surface area contributed by atoms with Crippen molar-refractivity contribution in [2.45, 2.75) is 45.1 Å². The number of carbonyl (C=O) groups excluding carboxylic acids is 1. The summed E-state index contributed by atoms with van der Waals surface area (Å²) in [5.74, 6) is 0.985. The summed E-state index contributed by atoms with van der Waals surface area (Å²) in [5.41, 5.74) is 2.85. The minimum atomic E-state index is 0. The number of rotatable bonds is 3. The first-order valence-electron chi connectivity index (χ1n) is 9.60. The van der Waals surface area contributed by atoms with Crippen LogP contribution < -0.4 is 5.32 Å². The number of halogens is 1. The highest BCUT2D eigenvalue weighted by Crippen LogP contribution is 2.25. The number of aromatic nitrogens is 2. The normalized spacial score (nSPS) is 22.3. The summed E-state index contributed by atoms with van der Waals surface area (Å²) in [6, 6.07) is 0. The Morgan fingerprint density at radius 3 is 2.64 bits per heavy atom. The fraction of sp³-hybridized carbons (Fsp3) is 0.778. The van der Waals surface area contributed by atoms with E-state index in [-0.39, 0.29) is 18.3 Å². The lowest BCUT2D eigenvalue weighted by Crippen LogP contribution is -2.50. The zero-order valence-electron chi connectivity index (χ0n) is 14.9. The van der Waals surface area contributed by atoms with Crippen LogP contribution in [0.4, 0.5) is 0 Å². The van der Waals surface area contributed by atoms with E-state index in [0.717, 1.165) is 62.9 Å². The molecular formula is C18H30ClN5O. The predicted octanol–water partition coefficient (Wildman–Crippen LogP) is 1.82. The second kappa shape index (κ2) is 8.52. The molecule has 0 aromatic carbocycles. The second-order valence-electron chi connectivity index (χ2n) is 7.55. The largest absolute Gasteiger partial charge is 0.335 e. The van der Waals surface area contributed by atoms with Crippen molar-refractivity contribution < 1.29 is 4.79 Å². The number of hydrogen-bond donors (Lipinski definition) is 2. The van der Waals surface area contributed by atoms with Gasteiger partial charge in [0.05, 0.1) is 0 Å². The third-order valence-corrected chi connectivity index (χ3v) is 5.91. The van der Waals surface area contributed by atoms with Gasteiger partial charge in [0.25, 0.3) is 5.91 Å². The highest BCUT2D eigenvalue weighted by molar-refractivity contribution is 5.94. The topological polar surface area (TPSA) is 64.3 Å². The fourth-order valence-corrected chi connectivity index (χ4v) is 4.42. The van der Waals surface area contributed by atoms with Crippen molar-refractivity contribution in [3.05, 3.63) is 17.0 Å². The number of hydrogen-bond acceptors (Lipinski definition) is 4. The average molecular weight is 368 g/mol. The van der Waals surface area contributed by atoms with E-state index in [4.69, 9.17) is 0 Å². The van der Waals surface area contributed by atoms with Crippen molar-refractivity contribution >= 4 is 18.3 Å². The zero-order valence-corrected chi connectivity index (χ0v) is 15.7. The molecule has 25 heavy (non-hydrogen) atoms. The maximum Gasteiger partial charge on any atom is 0.274 e. The van der Waals surface area contributed by atoms with Gasteiger partial charge in [0.1, 0.15) is 0 Å². The molecule has 0 radical (unpaired) electrons. The Hall–Kier alpha value is -1.11. The number of carbonyl (C=O) groups is 1. The lowest BCUT2D eigenvalue weighted by molar-refractivity contribution is 0.0599. The smallest absolute Gasteiger partial charge is 0.274 e. The number of fused-ring (bicyclic) bond motifs is 1. The first-order chi connectivity index (χ1) is 11.8. The Labute approximate surface area is 156 Å². The minimum Gasteiger partial charge on any atom is -0.335 e. The van der Waals surface area contributed by atoms with Gasteiger partial charge in [-0.15, -0.1) is 12.4 Å². The Kier molecular flexibility index (Phi) is 6.36. The number of amides is 1. The summed E-state index contributed by atoms with van der Waals surface area (Å²) in [4.78, 5) is 17.4. The molecule has 1 aromatic heterocycles. The molecule has 0 bridgehead atoms. The van der Waals surface area contributed by atoms with Crippen LogP contribution in [0, 0.1) is 5.92 Å². The summed E-state index contributed by atoms with van der Waals surface area (Å²) < 4.78 is 0. The van der Waals surface area contributed by atoms with Crippen molar-refractivity contribution in [1.29, 1.82) is 0 Å². The molecule has 1 aliphatic carbocycles. The third-order valence-electron chi connectivity index (χ3n) is 5.91. The standard InChI is InChI=1S/C18H29N5O.ClH/c24-18(17-15-12-19-7-6-16(15)20-21-17)23-10-8-22(9-11-23)13-14-4-2-1-3-5-14;/h14,19H,1-13H2,(H,20,21);1H. The first-order valence-corrected chi connectivity index (χ1v) is 9.60. The first kappa shape index (κ1) is 18.7. The summed E-state index contributed by atoms with van der Waals surface area (Å²) in [6.45, 7) is 6.63. The number of piperazine rings is 1. The summed E-state index contributed by atoms with van der Waals surface area (Å²) in [6.07, 6.45) is 7.95. The summed E-state index contributed by atoms with van der Waals surface area (Å²) in [7, 11) is 0. The zero-order chi connectivity index (χ0) is 16.4. The molecule has 4 rings (SSSR count). The van der Waals surface area contributed by atoms with E-state index < -0.39 is 0 Å². The number of nitrogens with one attached hydrogen (secondary N) is 2. The molecule has 2 N–H and O–H groups in total. The molecule has 1 aromatic rings. The molecule has 1 saturated heterocycles. The van der Waals surface area contributed by atoms with E-state index in [1.807, 2.05) is 4.90 Å².